The van der Waals surface area contributed by atoms with Crippen molar-refractivity contribution in [2.75, 3.05) is 5.32 Å². The first-order valence-corrected chi connectivity index (χ1v) is 10.3. The van der Waals surface area contributed by atoms with Crippen LogP contribution in [0.2, 0.25) is 0 Å². The Morgan fingerprint density at radius 2 is 1.31 bits per heavy atom. The SMILES string of the molecule is Cc1cccc(C)c1-c1cccc(C(=O)Nc2c(C(C)C)cccc2C(C)C)n1. The van der Waals surface area contributed by atoms with Crippen LogP contribution < -0.4 is 5.32 Å². The number of carbonyl (C=O) groups is 1. The van der Waals surface area contributed by atoms with E-state index in [1.165, 1.54) is 0 Å². The van der Waals surface area contributed by atoms with E-state index < -0.39 is 0 Å². The number of aromatic nitrogens is 1. The summed E-state index contributed by atoms with van der Waals surface area (Å²) in [6.45, 7) is 12.7. The van der Waals surface area contributed by atoms with Crippen molar-refractivity contribution >= 4 is 11.6 Å². The van der Waals surface area contributed by atoms with Crippen molar-refractivity contribution in [3.8, 4) is 11.3 Å². The number of aryl methyl sites for hydroxylation is 2. The van der Waals surface area contributed by atoms with Gasteiger partial charge in [-0.1, -0.05) is 70.2 Å². The summed E-state index contributed by atoms with van der Waals surface area (Å²) in [4.78, 5) is 17.8. The molecule has 0 saturated heterocycles. The minimum absolute atomic E-state index is 0.173. The zero-order chi connectivity index (χ0) is 21.1. The fraction of sp³-hybridized carbons (Fsp3) is 0.308. The van der Waals surface area contributed by atoms with E-state index in [0.29, 0.717) is 17.5 Å². The van der Waals surface area contributed by atoms with Crippen LogP contribution in [-0.4, -0.2) is 10.9 Å². The Bertz CT molecular complexity index is 988. The second-order valence-corrected chi connectivity index (χ2v) is 8.25. The maximum atomic E-state index is 13.1. The van der Waals surface area contributed by atoms with E-state index in [0.717, 1.165) is 39.2 Å². The Hall–Kier alpha value is -2.94. The van der Waals surface area contributed by atoms with Gasteiger partial charge in [-0.2, -0.15) is 0 Å². The fourth-order valence-corrected chi connectivity index (χ4v) is 3.79. The Labute approximate surface area is 174 Å². The standard InChI is InChI=1S/C26H30N2O/c1-16(2)20-12-8-13-21(17(3)4)25(20)28-26(29)23-15-9-14-22(27-23)24-18(5)10-7-11-19(24)6/h7-17H,1-6H3,(H,28,29). The number of nitrogens with zero attached hydrogens (tertiary/aromatic N) is 1. The van der Waals surface area contributed by atoms with Gasteiger partial charge in [0.25, 0.3) is 5.91 Å². The molecule has 0 saturated carbocycles. The van der Waals surface area contributed by atoms with Gasteiger partial charge in [-0.25, -0.2) is 4.98 Å². The van der Waals surface area contributed by atoms with Crippen molar-refractivity contribution in [2.45, 2.75) is 53.4 Å². The second-order valence-electron chi connectivity index (χ2n) is 8.25. The average Bonchev–Trinajstić information content (AvgIpc) is 2.68. The van der Waals surface area contributed by atoms with Gasteiger partial charge in [-0.3, -0.25) is 4.79 Å². The first-order valence-electron chi connectivity index (χ1n) is 10.3. The van der Waals surface area contributed by atoms with Gasteiger partial charge in [0.15, 0.2) is 0 Å². The van der Waals surface area contributed by atoms with Gasteiger partial charge < -0.3 is 5.32 Å². The molecule has 1 aromatic heterocycles. The molecule has 0 aliphatic heterocycles. The normalized spacial score (nSPS) is 11.2. The van der Waals surface area contributed by atoms with Gasteiger partial charge in [0.05, 0.1) is 5.69 Å². The molecule has 3 rings (SSSR count). The highest BCUT2D eigenvalue weighted by Crippen LogP contribution is 2.33. The maximum absolute atomic E-state index is 13.1. The van der Waals surface area contributed by atoms with E-state index >= 15 is 0 Å². The molecule has 0 atom stereocenters. The van der Waals surface area contributed by atoms with Crippen molar-refractivity contribution in [3.63, 3.8) is 0 Å². The number of anilines is 1. The van der Waals surface area contributed by atoms with Crippen LogP contribution in [0.4, 0.5) is 5.69 Å². The molecule has 0 fully saturated rings. The third-order valence-electron chi connectivity index (χ3n) is 5.33. The van der Waals surface area contributed by atoms with E-state index in [2.05, 4.69) is 77.2 Å². The maximum Gasteiger partial charge on any atom is 0.274 e. The van der Waals surface area contributed by atoms with Gasteiger partial charge in [0, 0.05) is 11.3 Å². The van der Waals surface area contributed by atoms with Crippen LogP contribution in [0.25, 0.3) is 11.3 Å². The highest BCUT2D eigenvalue weighted by Gasteiger charge is 2.18. The molecule has 0 aliphatic rings. The lowest BCUT2D eigenvalue weighted by atomic mass is 9.92. The molecule has 0 radical (unpaired) electrons. The molecule has 0 unspecified atom stereocenters. The minimum Gasteiger partial charge on any atom is -0.320 e. The minimum atomic E-state index is -0.173. The molecule has 0 spiro atoms. The largest absolute Gasteiger partial charge is 0.320 e. The Kier molecular flexibility index (Phi) is 6.17. The quantitative estimate of drug-likeness (QED) is 0.520. The third kappa shape index (κ3) is 4.40. The molecule has 0 aliphatic carbocycles. The molecule has 3 nitrogen and oxygen atoms in total. The molecule has 2 aromatic carbocycles. The van der Waals surface area contributed by atoms with Crippen molar-refractivity contribution in [2.24, 2.45) is 0 Å². The van der Waals surface area contributed by atoms with Gasteiger partial charge in [0.1, 0.15) is 5.69 Å². The summed E-state index contributed by atoms with van der Waals surface area (Å²) in [5.41, 5.74) is 7.87. The number of hydrogen-bond donors (Lipinski definition) is 1. The molecule has 3 aromatic rings. The van der Waals surface area contributed by atoms with Crippen molar-refractivity contribution in [1.29, 1.82) is 0 Å². The van der Waals surface area contributed by atoms with Crippen molar-refractivity contribution in [3.05, 3.63) is 82.5 Å². The molecule has 1 amide bonds. The van der Waals surface area contributed by atoms with Gasteiger partial charge in [-0.05, 0) is 60.1 Å². The first-order chi connectivity index (χ1) is 13.8. The summed E-state index contributed by atoms with van der Waals surface area (Å²) in [6.07, 6.45) is 0. The number of pyridine rings is 1. The second kappa shape index (κ2) is 8.60. The lowest BCUT2D eigenvalue weighted by molar-refractivity contribution is 0.102. The van der Waals surface area contributed by atoms with E-state index in [9.17, 15) is 4.79 Å². The molecule has 29 heavy (non-hydrogen) atoms. The number of para-hydroxylation sites is 1. The van der Waals surface area contributed by atoms with Crippen LogP contribution >= 0.6 is 0 Å². The summed E-state index contributed by atoms with van der Waals surface area (Å²) in [6, 6.07) is 18.1. The molecule has 150 valence electrons. The van der Waals surface area contributed by atoms with E-state index in [1.807, 2.05) is 18.2 Å². The fourth-order valence-electron chi connectivity index (χ4n) is 3.79. The van der Waals surface area contributed by atoms with Gasteiger partial charge >= 0.3 is 0 Å². The number of carbonyl (C=O) groups excluding carboxylic acids is 1. The van der Waals surface area contributed by atoms with E-state index in [4.69, 9.17) is 4.98 Å². The number of nitrogens with one attached hydrogen (secondary N) is 1. The molecule has 0 bridgehead atoms. The third-order valence-corrected chi connectivity index (χ3v) is 5.33. The number of rotatable bonds is 5. The molecule has 3 heteroatoms. The number of benzene rings is 2. The lowest BCUT2D eigenvalue weighted by Crippen LogP contribution is -2.17. The first kappa shape index (κ1) is 20.8. The zero-order valence-corrected chi connectivity index (χ0v) is 18.2. The van der Waals surface area contributed by atoms with Crippen LogP contribution in [0.15, 0.2) is 54.6 Å². The summed E-state index contributed by atoms with van der Waals surface area (Å²) in [5, 5.41) is 3.16. The van der Waals surface area contributed by atoms with Crippen LogP contribution in [0.5, 0.6) is 0 Å². The molecular weight excluding hydrogens is 356 g/mol. The van der Waals surface area contributed by atoms with E-state index in [-0.39, 0.29) is 5.91 Å². The van der Waals surface area contributed by atoms with Crippen LogP contribution in [0, 0.1) is 13.8 Å². The lowest BCUT2D eigenvalue weighted by Gasteiger charge is -2.20. The van der Waals surface area contributed by atoms with Crippen molar-refractivity contribution < 1.29 is 4.79 Å². The van der Waals surface area contributed by atoms with Crippen LogP contribution in [0.3, 0.4) is 0 Å². The summed E-state index contributed by atoms with van der Waals surface area (Å²) < 4.78 is 0. The van der Waals surface area contributed by atoms with E-state index in [1.54, 1.807) is 6.07 Å². The topological polar surface area (TPSA) is 42.0 Å². The monoisotopic (exact) mass is 386 g/mol. The number of amides is 1. The molecule has 1 N–H and O–H groups in total. The summed E-state index contributed by atoms with van der Waals surface area (Å²) in [7, 11) is 0. The number of hydrogen-bond acceptors (Lipinski definition) is 2. The average molecular weight is 387 g/mol. The van der Waals surface area contributed by atoms with Crippen molar-refractivity contribution in [1.82, 2.24) is 4.98 Å². The Morgan fingerprint density at radius 3 is 1.86 bits per heavy atom. The van der Waals surface area contributed by atoms with Crippen LogP contribution in [0.1, 0.15) is 72.3 Å². The Balaban J connectivity index is 2.00. The predicted molar refractivity (Wildman–Crippen MR) is 122 cm³/mol. The van der Waals surface area contributed by atoms with Gasteiger partial charge in [0.2, 0.25) is 0 Å². The Morgan fingerprint density at radius 1 is 0.793 bits per heavy atom. The smallest absolute Gasteiger partial charge is 0.274 e. The highest BCUT2D eigenvalue weighted by molar-refractivity contribution is 6.04. The summed E-state index contributed by atoms with van der Waals surface area (Å²) in [5.74, 6) is 0.462. The summed E-state index contributed by atoms with van der Waals surface area (Å²) >= 11 is 0. The van der Waals surface area contributed by atoms with Gasteiger partial charge in [-0.15, -0.1) is 0 Å². The zero-order valence-electron chi connectivity index (χ0n) is 18.2. The molecular formula is C26H30N2O. The van der Waals surface area contributed by atoms with Crippen LogP contribution in [-0.2, 0) is 0 Å². The highest BCUT2D eigenvalue weighted by atomic mass is 16.1. The molecule has 1 heterocycles. The predicted octanol–water partition coefficient (Wildman–Crippen LogP) is 6.86.